The third-order valence-electron chi connectivity index (χ3n) is 2.94. The number of amides is 2. The first-order valence-corrected chi connectivity index (χ1v) is 8.05. The molecule has 25 heavy (non-hydrogen) atoms. The highest BCUT2D eigenvalue weighted by Crippen LogP contribution is 2.19. The number of carbonyl (C=O) groups is 2. The van der Waals surface area contributed by atoms with Crippen LogP contribution in [0.4, 0.5) is 9.59 Å². The Labute approximate surface area is 149 Å². The van der Waals surface area contributed by atoms with E-state index in [1.807, 2.05) is 6.92 Å². The number of carbonyl (C=O) groups excluding carboxylic acids is 2. The highest BCUT2D eigenvalue weighted by molar-refractivity contribution is 5.88. The summed E-state index contributed by atoms with van der Waals surface area (Å²) in [7, 11) is 0. The summed E-state index contributed by atoms with van der Waals surface area (Å²) in [5.74, 6) is 0. The minimum atomic E-state index is -0.813. The van der Waals surface area contributed by atoms with Gasteiger partial charge in [-0.25, -0.2) is 14.5 Å². The molecular weight excluding hydrogens is 320 g/mol. The van der Waals surface area contributed by atoms with Gasteiger partial charge in [0.15, 0.2) is 0 Å². The SMILES string of the molecule is Cc1ccc(C#N)c(CN(C(=O)OC(C)(C)C)C(=O)OC(C)(C)C)c1. The number of hydrogen-bond donors (Lipinski definition) is 0. The molecular formula is C19H26N2O4. The topological polar surface area (TPSA) is 79.6 Å². The van der Waals surface area contributed by atoms with Crippen molar-refractivity contribution in [3.8, 4) is 6.07 Å². The van der Waals surface area contributed by atoms with E-state index in [2.05, 4.69) is 6.07 Å². The molecule has 136 valence electrons. The Morgan fingerprint density at radius 1 is 1.04 bits per heavy atom. The van der Waals surface area contributed by atoms with Crippen molar-refractivity contribution in [3.05, 3.63) is 34.9 Å². The molecule has 0 saturated carbocycles. The van der Waals surface area contributed by atoms with Crippen molar-refractivity contribution in [1.82, 2.24) is 4.90 Å². The second-order valence-corrected chi connectivity index (χ2v) is 7.82. The van der Waals surface area contributed by atoms with Crippen molar-refractivity contribution >= 4 is 12.2 Å². The number of aryl methyl sites for hydroxylation is 1. The summed E-state index contributed by atoms with van der Waals surface area (Å²) in [6.07, 6.45) is -1.63. The predicted octanol–water partition coefficient (Wildman–Crippen LogP) is 4.54. The van der Waals surface area contributed by atoms with Crippen LogP contribution in [0.2, 0.25) is 0 Å². The molecule has 1 rings (SSSR count). The number of nitriles is 1. The van der Waals surface area contributed by atoms with Gasteiger partial charge < -0.3 is 9.47 Å². The van der Waals surface area contributed by atoms with E-state index in [1.165, 1.54) is 0 Å². The number of benzene rings is 1. The fraction of sp³-hybridized carbons (Fsp3) is 0.526. The zero-order chi connectivity index (χ0) is 19.4. The van der Waals surface area contributed by atoms with Crippen LogP contribution >= 0.6 is 0 Å². The van der Waals surface area contributed by atoms with Gasteiger partial charge in [0.1, 0.15) is 11.2 Å². The Bertz CT molecular complexity index is 663. The summed E-state index contributed by atoms with van der Waals surface area (Å²) in [6, 6.07) is 7.29. The monoisotopic (exact) mass is 346 g/mol. The maximum atomic E-state index is 12.5. The minimum absolute atomic E-state index is 0.103. The lowest BCUT2D eigenvalue weighted by Crippen LogP contribution is -2.43. The predicted molar refractivity (Wildman–Crippen MR) is 93.9 cm³/mol. The smallest absolute Gasteiger partial charge is 0.420 e. The van der Waals surface area contributed by atoms with E-state index < -0.39 is 23.4 Å². The Hall–Kier alpha value is -2.55. The van der Waals surface area contributed by atoms with Crippen LogP contribution in [-0.2, 0) is 16.0 Å². The molecule has 0 bridgehead atoms. The van der Waals surface area contributed by atoms with E-state index in [0.717, 1.165) is 10.5 Å². The summed E-state index contributed by atoms with van der Waals surface area (Å²) in [5.41, 5.74) is 0.341. The largest absolute Gasteiger partial charge is 0.443 e. The Morgan fingerprint density at radius 2 is 1.52 bits per heavy atom. The summed E-state index contributed by atoms with van der Waals surface area (Å²) >= 11 is 0. The summed E-state index contributed by atoms with van der Waals surface area (Å²) in [6.45, 7) is 12.1. The fourth-order valence-electron chi connectivity index (χ4n) is 1.97. The normalized spacial score (nSPS) is 11.4. The van der Waals surface area contributed by atoms with Gasteiger partial charge in [0.05, 0.1) is 18.2 Å². The number of hydrogen-bond acceptors (Lipinski definition) is 5. The Kier molecular flexibility index (Phi) is 6.20. The quantitative estimate of drug-likeness (QED) is 0.785. The lowest BCUT2D eigenvalue weighted by Gasteiger charge is -2.28. The van der Waals surface area contributed by atoms with E-state index in [4.69, 9.17) is 9.47 Å². The van der Waals surface area contributed by atoms with E-state index in [1.54, 1.807) is 59.7 Å². The van der Waals surface area contributed by atoms with Crippen LogP contribution in [0, 0.1) is 18.3 Å². The maximum Gasteiger partial charge on any atom is 0.420 e. The van der Waals surface area contributed by atoms with Crippen molar-refractivity contribution in [2.45, 2.75) is 66.2 Å². The van der Waals surface area contributed by atoms with Gasteiger partial charge in [-0.15, -0.1) is 0 Å². The lowest BCUT2D eigenvalue weighted by atomic mass is 10.1. The number of imide groups is 1. The average molecular weight is 346 g/mol. The second kappa shape index (κ2) is 7.56. The molecule has 0 aliphatic rings. The van der Waals surface area contributed by atoms with Crippen molar-refractivity contribution in [1.29, 1.82) is 5.26 Å². The second-order valence-electron chi connectivity index (χ2n) is 7.82. The Balaban J connectivity index is 3.19. The van der Waals surface area contributed by atoms with Crippen LogP contribution in [0.3, 0.4) is 0 Å². The molecule has 1 aromatic carbocycles. The maximum absolute atomic E-state index is 12.5. The molecule has 0 aliphatic heterocycles. The third kappa shape index (κ3) is 6.84. The first-order chi connectivity index (χ1) is 11.3. The van der Waals surface area contributed by atoms with Gasteiger partial charge in [-0.3, -0.25) is 0 Å². The van der Waals surface area contributed by atoms with Gasteiger partial charge in [0.25, 0.3) is 0 Å². The molecule has 0 aliphatic carbocycles. The molecule has 0 unspecified atom stereocenters. The standard InChI is InChI=1S/C19H26N2O4/c1-13-8-9-14(11-20)15(10-13)12-21(16(22)24-18(2,3)4)17(23)25-19(5,6)7/h8-10H,12H2,1-7H3. The van der Waals surface area contributed by atoms with E-state index in [9.17, 15) is 14.9 Å². The summed E-state index contributed by atoms with van der Waals surface area (Å²) < 4.78 is 10.6. The molecule has 0 heterocycles. The van der Waals surface area contributed by atoms with Crippen LogP contribution < -0.4 is 0 Å². The molecule has 0 radical (unpaired) electrons. The van der Waals surface area contributed by atoms with Gasteiger partial charge in [-0.2, -0.15) is 5.26 Å². The molecule has 2 amide bonds. The molecule has 1 aromatic rings. The van der Waals surface area contributed by atoms with E-state index >= 15 is 0 Å². The third-order valence-corrected chi connectivity index (χ3v) is 2.94. The van der Waals surface area contributed by atoms with Gasteiger partial charge in [-0.1, -0.05) is 17.7 Å². The molecule has 0 N–H and O–H groups in total. The molecule has 6 nitrogen and oxygen atoms in total. The Morgan fingerprint density at radius 3 is 1.92 bits per heavy atom. The van der Waals surface area contributed by atoms with E-state index in [-0.39, 0.29) is 6.54 Å². The minimum Gasteiger partial charge on any atom is -0.443 e. The summed E-state index contributed by atoms with van der Waals surface area (Å²) in [5, 5.41) is 9.27. The molecule has 0 atom stereocenters. The van der Waals surface area contributed by atoms with Gasteiger partial charge in [-0.05, 0) is 60.1 Å². The van der Waals surface area contributed by atoms with Crippen LogP contribution in [0.1, 0.15) is 58.2 Å². The van der Waals surface area contributed by atoms with Crippen LogP contribution in [-0.4, -0.2) is 28.3 Å². The molecule has 0 aromatic heterocycles. The number of nitrogens with zero attached hydrogens (tertiary/aromatic N) is 2. The van der Waals surface area contributed by atoms with Crippen molar-refractivity contribution in [2.24, 2.45) is 0 Å². The highest BCUT2D eigenvalue weighted by atomic mass is 16.6. The lowest BCUT2D eigenvalue weighted by molar-refractivity contribution is -0.000259. The number of rotatable bonds is 2. The summed E-state index contributed by atoms with van der Waals surface area (Å²) in [4.78, 5) is 25.9. The van der Waals surface area contributed by atoms with Crippen LogP contribution in [0.25, 0.3) is 0 Å². The zero-order valence-electron chi connectivity index (χ0n) is 16.0. The van der Waals surface area contributed by atoms with Crippen molar-refractivity contribution < 1.29 is 19.1 Å². The average Bonchev–Trinajstić information content (AvgIpc) is 2.40. The van der Waals surface area contributed by atoms with Crippen LogP contribution in [0.5, 0.6) is 0 Å². The number of ether oxygens (including phenoxy) is 2. The van der Waals surface area contributed by atoms with Crippen molar-refractivity contribution in [3.63, 3.8) is 0 Å². The fourth-order valence-corrected chi connectivity index (χ4v) is 1.97. The molecule has 0 spiro atoms. The molecule has 6 heteroatoms. The van der Waals surface area contributed by atoms with Gasteiger partial charge >= 0.3 is 12.2 Å². The van der Waals surface area contributed by atoms with Gasteiger partial charge in [0, 0.05) is 0 Å². The van der Waals surface area contributed by atoms with Crippen molar-refractivity contribution in [2.75, 3.05) is 0 Å². The highest BCUT2D eigenvalue weighted by Gasteiger charge is 2.31. The zero-order valence-corrected chi connectivity index (χ0v) is 16.0. The van der Waals surface area contributed by atoms with E-state index in [0.29, 0.717) is 11.1 Å². The first-order valence-electron chi connectivity index (χ1n) is 8.05. The first kappa shape index (κ1) is 20.5. The molecule has 0 fully saturated rings. The van der Waals surface area contributed by atoms with Crippen LogP contribution in [0.15, 0.2) is 18.2 Å². The van der Waals surface area contributed by atoms with Gasteiger partial charge in [0.2, 0.25) is 0 Å². The molecule has 0 saturated heterocycles.